The van der Waals surface area contributed by atoms with Gasteiger partial charge in [-0.15, -0.1) is 0 Å². The van der Waals surface area contributed by atoms with E-state index in [0.717, 1.165) is 0 Å². The van der Waals surface area contributed by atoms with E-state index in [1.807, 2.05) is 0 Å². The molecule has 0 N–H and O–H groups in total. The second kappa shape index (κ2) is 12.9. The Hall–Kier alpha value is -0.697. The Balaban J connectivity index is -0.000000175. The Kier molecular flexibility index (Phi) is 18.8. The molecule has 0 atom stereocenters. The molecule has 4 radical (unpaired) electrons. The Morgan fingerprint density at radius 3 is 1.17 bits per heavy atom. The molecule has 0 saturated heterocycles. The van der Waals surface area contributed by atoms with Gasteiger partial charge in [0.1, 0.15) is 0 Å². The van der Waals surface area contributed by atoms with Gasteiger partial charge in [0, 0.05) is 0 Å². The largest absolute Gasteiger partial charge is 0.281 e. The quantitative estimate of drug-likeness (QED) is 0.504. The van der Waals surface area contributed by atoms with Crippen LogP contribution in [0, 0.1) is 0 Å². The van der Waals surface area contributed by atoms with E-state index >= 15 is 0 Å². The summed E-state index contributed by atoms with van der Waals surface area (Å²) in [6, 6.07) is 0. The molecule has 0 aliphatic heterocycles. The summed E-state index contributed by atoms with van der Waals surface area (Å²) < 4.78 is -0.517. The van der Waals surface area contributed by atoms with Crippen molar-refractivity contribution in [2.45, 2.75) is 18.4 Å². The molecule has 0 bridgehead atoms. The maximum atomic E-state index is 10.3. The maximum absolute atomic E-state index is 10.3. The molecule has 0 aromatic rings. The third-order valence-corrected chi connectivity index (χ3v) is 2.01. The molecule has 0 aromatic carbocycles. The molecule has 4 nitrogen and oxygen atoms in total. The minimum absolute atomic E-state index is 0.107. The number of carbonyl (C=O) groups is 2. The minimum atomic E-state index is -0.517. The van der Waals surface area contributed by atoms with Gasteiger partial charge in [-0.25, -0.2) is 0 Å². The summed E-state index contributed by atoms with van der Waals surface area (Å²) in [5, 5.41) is 0. The first-order valence-corrected chi connectivity index (χ1v) is 3.53. The van der Waals surface area contributed by atoms with Gasteiger partial charge in [0.25, 0.3) is 13.6 Å². The summed E-state index contributed by atoms with van der Waals surface area (Å²) in [7, 11) is 0. The molecule has 0 fully saturated rings. The second-order valence-electron chi connectivity index (χ2n) is 1.56. The van der Waals surface area contributed by atoms with Crippen LogP contribution in [0.4, 0.5) is 0 Å². The molecular weight excluding hydrogens is 251 g/mol. The first kappa shape index (κ1) is 17.4. The van der Waals surface area contributed by atoms with Crippen LogP contribution >= 0.6 is 0 Å². The predicted molar refractivity (Wildman–Crippen MR) is 36.5 cm³/mol. The van der Waals surface area contributed by atoms with E-state index in [2.05, 4.69) is 31.9 Å². The summed E-state index contributed by atoms with van der Waals surface area (Å²) in [5.41, 5.74) is 0. The van der Waals surface area contributed by atoms with Gasteiger partial charge in [-0.2, -0.15) is 0 Å². The van der Waals surface area contributed by atoms with Crippen LogP contribution in [0.2, 0.25) is 4.51 Å². The van der Waals surface area contributed by atoms with E-state index in [0.29, 0.717) is 0 Å². The smallest absolute Gasteiger partial charge is 0.281 e. The van der Waals surface area contributed by atoms with Gasteiger partial charge >= 0.3 is 57.8 Å². The molecule has 68 valence electrons. The van der Waals surface area contributed by atoms with Crippen molar-refractivity contribution in [3.63, 3.8) is 0 Å². The van der Waals surface area contributed by atoms with Crippen LogP contribution in [-0.4, -0.2) is 25.1 Å². The normalized spacial score (nSPS) is 7.08. The summed E-state index contributed by atoms with van der Waals surface area (Å²) in [6.07, 6.45) is 0. The van der Waals surface area contributed by atoms with E-state index in [1.54, 1.807) is 0 Å². The van der Waals surface area contributed by atoms with E-state index in [4.69, 9.17) is 9.59 Å². The molecule has 12 heavy (non-hydrogen) atoms. The van der Waals surface area contributed by atoms with Gasteiger partial charge in [-0.1, -0.05) is 0 Å². The van der Waals surface area contributed by atoms with Gasteiger partial charge in [0.05, 0.1) is 0 Å². The fourth-order valence-corrected chi connectivity index (χ4v) is 0.286. The van der Waals surface area contributed by atoms with E-state index in [-0.39, 0.29) is 11.6 Å². The van der Waals surface area contributed by atoms with Crippen LogP contribution in [0.15, 0.2) is 0 Å². The average molecular weight is 258 g/mol. The van der Waals surface area contributed by atoms with Crippen molar-refractivity contribution in [2.24, 2.45) is 0 Å². The van der Waals surface area contributed by atoms with Gasteiger partial charge < -0.3 is 0 Å². The number of rotatable bonds is 2. The Labute approximate surface area is 81.4 Å². The Morgan fingerprint density at radius 2 is 1.17 bits per heavy atom. The monoisotopic (exact) mass is 258 g/mol. The maximum Gasteiger partial charge on any atom is 0.281 e. The summed E-state index contributed by atoms with van der Waals surface area (Å²) in [6.45, 7) is 11.8. The molecule has 0 spiro atoms. The number of Topliss-reactive ketones (excluding diaryl/α,β-unsaturated/α-hetero) is 2. The Morgan fingerprint density at radius 1 is 1.00 bits per heavy atom. The number of hydrogen-bond donors (Lipinski definition) is 0. The van der Waals surface area contributed by atoms with Crippen molar-refractivity contribution in [1.82, 2.24) is 0 Å². The summed E-state index contributed by atoms with van der Waals surface area (Å²) in [4.78, 5) is 35.7. The number of hydrogen-bond acceptors (Lipinski definition) is 4. The van der Waals surface area contributed by atoms with E-state index in [1.165, 1.54) is 13.8 Å². The van der Waals surface area contributed by atoms with Gasteiger partial charge in [-0.05, 0) is 0 Å². The van der Waals surface area contributed by atoms with Crippen LogP contribution in [0.25, 0.3) is 0 Å². The summed E-state index contributed by atoms with van der Waals surface area (Å²) >= 11 is 2.37. The first-order chi connectivity index (χ1) is 5.55. The number of carbonyl (C=O) groups excluding carboxylic acids is 4. The molecule has 0 aromatic heterocycles. The van der Waals surface area contributed by atoms with Crippen molar-refractivity contribution < 1.29 is 37.5 Å². The van der Waals surface area contributed by atoms with Crippen molar-refractivity contribution >= 4 is 25.1 Å². The van der Waals surface area contributed by atoms with Crippen molar-refractivity contribution in [2.75, 3.05) is 0 Å². The third-order valence-electron chi connectivity index (χ3n) is 0.678. The van der Waals surface area contributed by atoms with Crippen LogP contribution < -0.4 is 0 Å². The zero-order valence-electron chi connectivity index (χ0n) is 6.54. The van der Waals surface area contributed by atoms with Gasteiger partial charge in [-0.3, -0.25) is 9.59 Å². The predicted octanol–water partition coefficient (Wildman–Crippen LogP) is -0.294. The van der Waals surface area contributed by atoms with Crippen LogP contribution in [-0.2, 0) is 37.5 Å². The fraction of sp³-hybridized carbons (Fsp3) is 0.429. The zero-order chi connectivity index (χ0) is 10.7. The average Bonchev–Trinajstić information content (AvgIpc) is 2.10. The third kappa shape index (κ3) is 12.0. The van der Waals surface area contributed by atoms with E-state index in [9.17, 15) is 9.59 Å². The molecule has 0 unspecified atom stereocenters. The van der Waals surface area contributed by atoms with Crippen molar-refractivity contribution in [3.05, 3.63) is 0 Å². The van der Waals surface area contributed by atoms with Crippen molar-refractivity contribution in [1.29, 1.82) is 0 Å². The molecule has 0 rings (SSSR count). The molecule has 0 heterocycles. The minimum Gasteiger partial charge on any atom is -0.281 e. The standard InChI is InChI=1S/C5H7O2.2CO.Rh/c1-4(6)3-5(2)7;2*1-2;/h3H,1-2H3;;;. The molecule has 0 aliphatic rings. The number of ketones is 2. The van der Waals surface area contributed by atoms with Gasteiger partial charge in [0.2, 0.25) is 0 Å². The second-order valence-corrected chi connectivity index (χ2v) is 2.50. The zero-order valence-corrected chi connectivity index (χ0v) is 8.18. The molecule has 0 saturated carbocycles. The first-order valence-electron chi connectivity index (χ1n) is 2.59. The molecular formula is C7H7O4Rh. The van der Waals surface area contributed by atoms with Crippen LogP contribution in [0.5, 0.6) is 0 Å². The Bertz CT molecular complexity index is 130. The fourth-order valence-electron chi connectivity index (χ4n) is 0.286. The van der Waals surface area contributed by atoms with Crippen LogP contribution in [0.3, 0.4) is 0 Å². The topological polar surface area (TPSA) is 68.3 Å². The molecule has 0 amide bonds. The SMILES string of the molecule is CC(=O)[CH]([Rh])C(C)=O.[C]=O.[C]=O. The van der Waals surface area contributed by atoms with E-state index < -0.39 is 4.51 Å². The van der Waals surface area contributed by atoms with Crippen LogP contribution in [0.1, 0.15) is 13.8 Å². The summed E-state index contributed by atoms with van der Waals surface area (Å²) in [5.74, 6) is -0.214. The molecule has 0 aliphatic carbocycles. The van der Waals surface area contributed by atoms with Gasteiger partial charge in [0.15, 0.2) is 0 Å². The molecule has 5 heteroatoms. The van der Waals surface area contributed by atoms with Crippen molar-refractivity contribution in [3.8, 4) is 0 Å².